The van der Waals surface area contributed by atoms with Gasteiger partial charge in [0.1, 0.15) is 0 Å². The van der Waals surface area contributed by atoms with Crippen LogP contribution < -0.4 is 5.32 Å². The lowest BCUT2D eigenvalue weighted by Crippen LogP contribution is -2.55. The topological polar surface area (TPSA) is 24.5 Å². The van der Waals surface area contributed by atoms with Crippen LogP contribution in [0.5, 0.6) is 0 Å². The lowest BCUT2D eigenvalue weighted by atomic mass is 9.87. The van der Waals surface area contributed by atoms with Crippen LogP contribution in [-0.4, -0.2) is 49.3 Å². The molecule has 0 spiro atoms. The van der Waals surface area contributed by atoms with Crippen molar-refractivity contribution in [3.63, 3.8) is 0 Å². The average molecular weight is 268 g/mol. The second-order valence-electron chi connectivity index (χ2n) is 6.13. The molecule has 0 amide bonds. The number of hydrogen-bond acceptors (Lipinski definition) is 3. The van der Waals surface area contributed by atoms with Gasteiger partial charge >= 0.3 is 0 Å². The van der Waals surface area contributed by atoms with E-state index >= 15 is 0 Å². The van der Waals surface area contributed by atoms with Crippen LogP contribution in [0.1, 0.15) is 58.8 Å². The van der Waals surface area contributed by atoms with Crippen LogP contribution in [0, 0.1) is 0 Å². The molecule has 0 radical (unpaired) electrons. The Hall–Kier alpha value is -0.120. The maximum Gasteiger partial charge on any atom is 0.0702 e. The monoisotopic (exact) mass is 268 g/mol. The quantitative estimate of drug-likeness (QED) is 0.801. The molecule has 0 aromatic heterocycles. The Balaban J connectivity index is 1.88. The number of rotatable bonds is 6. The Morgan fingerprint density at radius 1 is 1.11 bits per heavy atom. The summed E-state index contributed by atoms with van der Waals surface area (Å²) in [5.41, 5.74) is 0. The molecule has 2 rings (SSSR count). The Kier molecular flexibility index (Phi) is 6.62. The van der Waals surface area contributed by atoms with Crippen LogP contribution in [0.25, 0.3) is 0 Å². The van der Waals surface area contributed by atoms with E-state index in [1.54, 1.807) is 0 Å². The van der Waals surface area contributed by atoms with Gasteiger partial charge in [-0.1, -0.05) is 19.8 Å². The van der Waals surface area contributed by atoms with Crippen LogP contribution >= 0.6 is 0 Å². The molecule has 19 heavy (non-hydrogen) atoms. The number of piperidine rings is 1. The van der Waals surface area contributed by atoms with E-state index < -0.39 is 0 Å². The molecule has 1 aliphatic carbocycles. The van der Waals surface area contributed by atoms with Gasteiger partial charge in [0.25, 0.3) is 0 Å². The fourth-order valence-corrected chi connectivity index (χ4v) is 3.76. The summed E-state index contributed by atoms with van der Waals surface area (Å²) >= 11 is 0. The van der Waals surface area contributed by atoms with Crippen molar-refractivity contribution in [2.45, 2.75) is 77.0 Å². The number of hydrogen-bond donors (Lipinski definition) is 1. The van der Waals surface area contributed by atoms with Crippen molar-refractivity contribution >= 4 is 0 Å². The standard InChI is InChI=1S/C16H32N2O/c1-3-11-17-15-9-5-6-10-16(15)18-12-7-8-14(13-18)19-4-2/h14-17H,3-13H2,1-2H3. The number of likely N-dealkylation sites (tertiary alicyclic amines) is 1. The van der Waals surface area contributed by atoms with E-state index in [2.05, 4.69) is 24.1 Å². The first-order chi connectivity index (χ1) is 9.35. The van der Waals surface area contributed by atoms with Gasteiger partial charge in [-0.2, -0.15) is 0 Å². The largest absolute Gasteiger partial charge is 0.377 e. The van der Waals surface area contributed by atoms with Gasteiger partial charge in [0.15, 0.2) is 0 Å². The Morgan fingerprint density at radius 3 is 2.74 bits per heavy atom. The minimum Gasteiger partial charge on any atom is -0.377 e. The summed E-state index contributed by atoms with van der Waals surface area (Å²) in [6, 6.07) is 1.47. The zero-order valence-electron chi connectivity index (χ0n) is 12.9. The lowest BCUT2D eigenvalue weighted by Gasteiger charge is -2.44. The third kappa shape index (κ3) is 4.44. The van der Waals surface area contributed by atoms with E-state index in [0.29, 0.717) is 12.1 Å². The molecular weight excluding hydrogens is 236 g/mol. The lowest BCUT2D eigenvalue weighted by molar-refractivity contribution is -0.0181. The molecule has 1 saturated carbocycles. The van der Waals surface area contributed by atoms with Gasteiger partial charge in [-0.15, -0.1) is 0 Å². The van der Waals surface area contributed by atoms with Crippen LogP contribution in [0.2, 0.25) is 0 Å². The van der Waals surface area contributed by atoms with Gasteiger partial charge in [0, 0.05) is 25.2 Å². The smallest absolute Gasteiger partial charge is 0.0702 e. The molecule has 0 aromatic carbocycles. The van der Waals surface area contributed by atoms with E-state index in [9.17, 15) is 0 Å². The molecule has 0 aromatic rings. The highest BCUT2D eigenvalue weighted by Gasteiger charge is 2.32. The third-order valence-corrected chi connectivity index (χ3v) is 4.67. The number of nitrogens with one attached hydrogen (secondary N) is 1. The van der Waals surface area contributed by atoms with Crippen molar-refractivity contribution < 1.29 is 4.74 Å². The molecule has 2 aliphatic rings. The predicted octanol–water partition coefficient (Wildman–Crippen LogP) is 2.80. The molecule has 1 saturated heterocycles. The molecule has 3 atom stereocenters. The summed E-state index contributed by atoms with van der Waals surface area (Å²) in [6.45, 7) is 8.84. The highest BCUT2D eigenvalue weighted by Crippen LogP contribution is 2.26. The summed E-state index contributed by atoms with van der Waals surface area (Å²) < 4.78 is 5.86. The predicted molar refractivity (Wildman–Crippen MR) is 80.6 cm³/mol. The molecule has 3 heteroatoms. The van der Waals surface area contributed by atoms with Crippen molar-refractivity contribution in [1.82, 2.24) is 10.2 Å². The first-order valence-corrected chi connectivity index (χ1v) is 8.44. The summed E-state index contributed by atoms with van der Waals surface area (Å²) in [5, 5.41) is 3.78. The van der Waals surface area contributed by atoms with E-state index in [1.807, 2.05) is 0 Å². The summed E-state index contributed by atoms with van der Waals surface area (Å²) in [6.07, 6.45) is 9.83. The summed E-state index contributed by atoms with van der Waals surface area (Å²) in [5.74, 6) is 0. The molecule has 2 fully saturated rings. The van der Waals surface area contributed by atoms with Gasteiger partial charge in [0.2, 0.25) is 0 Å². The van der Waals surface area contributed by atoms with Gasteiger partial charge in [0.05, 0.1) is 6.10 Å². The molecule has 1 N–H and O–H groups in total. The molecule has 0 bridgehead atoms. The highest BCUT2D eigenvalue weighted by atomic mass is 16.5. The van der Waals surface area contributed by atoms with Crippen LogP contribution in [0.4, 0.5) is 0 Å². The SMILES string of the molecule is CCCNC1CCCCC1N1CCCC(OCC)C1. The molecule has 1 aliphatic heterocycles. The van der Waals surface area contributed by atoms with E-state index in [1.165, 1.54) is 58.0 Å². The maximum atomic E-state index is 5.86. The summed E-state index contributed by atoms with van der Waals surface area (Å²) in [4.78, 5) is 2.72. The second kappa shape index (κ2) is 8.23. The van der Waals surface area contributed by atoms with Gasteiger partial charge in [-0.05, 0) is 52.1 Å². The average Bonchev–Trinajstić information content (AvgIpc) is 2.46. The zero-order valence-corrected chi connectivity index (χ0v) is 12.9. The van der Waals surface area contributed by atoms with Crippen LogP contribution in [0.15, 0.2) is 0 Å². The Labute approximate surface area is 119 Å². The van der Waals surface area contributed by atoms with Crippen molar-refractivity contribution in [2.24, 2.45) is 0 Å². The Bertz CT molecular complexity index is 245. The second-order valence-corrected chi connectivity index (χ2v) is 6.13. The van der Waals surface area contributed by atoms with E-state index in [0.717, 1.165) is 19.2 Å². The first-order valence-electron chi connectivity index (χ1n) is 8.44. The molecular formula is C16H32N2O. The number of nitrogens with zero attached hydrogens (tertiary/aromatic N) is 1. The van der Waals surface area contributed by atoms with Crippen LogP contribution in [0.3, 0.4) is 0 Å². The van der Waals surface area contributed by atoms with E-state index in [4.69, 9.17) is 4.74 Å². The normalized spacial score (nSPS) is 33.5. The van der Waals surface area contributed by atoms with E-state index in [-0.39, 0.29) is 0 Å². The number of ether oxygens (including phenoxy) is 1. The van der Waals surface area contributed by atoms with Crippen molar-refractivity contribution in [2.75, 3.05) is 26.2 Å². The summed E-state index contributed by atoms with van der Waals surface area (Å²) in [7, 11) is 0. The fourth-order valence-electron chi connectivity index (χ4n) is 3.76. The van der Waals surface area contributed by atoms with Gasteiger partial charge in [-0.3, -0.25) is 4.90 Å². The third-order valence-electron chi connectivity index (χ3n) is 4.67. The molecule has 3 nitrogen and oxygen atoms in total. The first kappa shape index (κ1) is 15.3. The highest BCUT2D eigenvalue weighted by molar-refractivity contribution is 4.90. The Morgan fingerprint density at radius 2 is 1.95 bits per heavy atom. The minimum absolute atomic E-state index is 0.479. The maximum absolute atomic E-state index is 5.86. The molecule has 3 unspecified atom stereocenters. The molecule has 1 heterocycles. The van der Waals surface area contributed by atoms with Crippen molar-refractivity contribution in [1.29, 1.82) is 0 Å². The fraction of sp³-hybridized carbons (Fsp3) is 1.00. The van der Waals surface area contributed by atoms with Crippen molar-refractivity contribution in [3.05, 3.63) is 0 Å². The zero-order chi connectivity index (χ0) is 13.5. The minimum atomic E-state index is 0.479. The van der Waals surface area contributed by atoms with Crippen molar-refractivity contribution in [3.8, 4) is 0 Å². The van der Waals surface area contributed by atoms with Gasteiger partial charge < -0.3 is 10.1 Å². The van der Waals surface area contributed by atoms with Crippen LogP contribution in [-0.2, 0) is 4.74 Å². The van der Waals surface area contributed by atoms with Gasteiger partial charge in [-0.25, -0.2) is 0 Å². The molecule has 112 valence electrons.